The van der Waals surface area contributed by atoms with Gasteiger partial charge >= 0.3 is 0 Å². The lowest BCUT2D eigenvalue weighted by Gasteiger charge is -2.00. The van der Waals surface area contributed by atoms with Crippen molar-refractivity contribution in [3.63, 3.8) is 0 Å². The van der Waals surface area contributed by atoms with E-state index >= 15 is 0 Å². The summed E-state index contributed by atoms with van der Waals surface area (Å²) in [6.45, 7) is 0. The molecule has 0 amide bonds. The van der Waals surface area contributed by atoms with Crippen LogP contribution in [0.2, 0.25) is 0 Å². The zero-order valence-electron chi connectivity index (χ0n) is 6.55. The Labute approximate surface area is 88.1 Å². The van der Waals surface area contributed by atoms with E-state index in [0.717, 1.165) is 3.57 Å². The van der Waals surface area contributed by atoms with Gasteiger partial charge in [0.2, 0.25) is 0 Å². The Morgan fingerprint density at radius 3 is 2.69 bits per heavy atom. The fourth-order valence-corrected chi connectivity index (χ4v) is 1.32. The molecular weight excluding hydrogens is 281 g/mol. The van der Waals surface area contributed by atoms with Gasteiger partial charge in [-0.05, 0) is 22.6 Å². The van der Waals surface area contributed by atoms with E-state index in [1.165, 1.54) is 0 Å². The maximum atomic E-state index is 5.62. The molecule has 0 aliphatic heterocycles. The molecule has 0 unspecified atom stereocenters. The second-order valence-corrected chi connectivity index (χ2v) is 3.61. The molecule has 0 aromatic carbocycles. The first-order valence-electron chi connectivity index (χ1n) is 3.54. The summed E-state index contributed by atoms with van der Waals surface area (Å²) >= 11 is 2.17. The van der Waals surface area contributed by atoms with Gasteiger partial charge in [0.05, 0.1) is 9.77 Å². The van der Waals surface area contributed by atoms with Gasteiger partial charge in [-0.2, -0.15) is 5.10 Å². The van der Waals surface area contributed by atoms with E-state index in [4.69, 9.17) is 5.73 Å². The molecule has 2 heterocycles. The lowest BCUT2D eigenvalue weighted by molar-refractivity contribution is 0.842. The largest absolute Gasteiger partial charge is 0.381 e. The van der Waals surface area contributed by atoms with Crippen molar-refractivity contribution in [1.29, 1.82) is 0 Å². The first kappa shape index (κ1) is 8.42. The molecule has 6 heteroatoms. The van der Waals surface area contributed by atoms with E-state index in [0.29, 0.717) is 11.6 Å². The number of nitrogens with zero attached hydrogens (tertiary/aromatic N) is 4. The number of hydrogen-bond acceptors (Lipinski definition) is 4. The number of hydrogen-bond donors (Lipinski definition) is 1. The van der Waals surface area contributed by atoms with E-state index in [1.807, 2.05) is 6.20 Å². The molecule has 2 rings (SSSR count). The maximum absolute atomic E-state index is 5.62. The highest BCUT2D eigenvalue weighted by Crippen LogP contribution is 2.10. The Morgan fingerprint density at radius 1 is 1.31 bits per heavy atom. The number of halogens is 1. The van der Waals surface area contributed by atoms with Crippen molar-refractivity contribution in [3.05, 3.63) is 28.4 Å². The molecule has 2 aromatic heterocycles. The van der Waals surface area contributed by atoms with Crippen LogP contribution in [-0.2, 0) is 0 Å². The fraction of sp³-hybridized carbons (Fsp3) is 0. The minimum atomic E-state index is 0.377. The van der Waals surface area contributed by atoms with E-state index < -0.39 is 0 Å². The van der Waals surface area contributed by atoms with Gasteiger partial charge in [-0.1, -0.05) is 0 Å². The number of anilines is 1. The van der Waals surface area contributed by atoms with Crippen LogP contribution in [0.3, 0.4) is 0 Å². The van der Waals surface area contributed by atoms with Gasteiger partial charge < -0.3 is 5.73 Å². The second-order valence-electron chi connectivity index (χ2n) is 2.37. The molecule has 13 heavy (non-hydrogen) atoms. The Hall–Kier alpha value is -1.18. The Bertz CT molecular complexity index is 424. The topological polar surface area (TPSA) is 69.6 Å². The van der Waals surface area contributed by atoms with Crippen molar-refractivity contribution in [2.45, 2.75) is 0 Å². The third-order valence-electron chi connectivity index (χ3n) is 1.47. The van der Waals surface area contributed by atoms with Crippen molar-refractivity contribution in [1.82, 2.24) is 19.7 Å². The SMILES string of the molecule is Nc1nccnc1-n1cc(I)cn1. The minimum absolute atomic E-state index is 0.377. The molecule has 0 spiro atoms. The van der Waals surface area contributed by atoms with Crippen LogP contribution in [0.25, 0.3) is 5.82 Å². The second kappa shape index (κ2) is 3.29. The van der Waals surface area contributed by atoms with Crippen molar-refractivity contribution in [2.75, 3.05) is 5.73 Å². The van der Waals surface area contributed by atoms with Crippen LogP contribution in [0.4, 0.5) is 5.82 Å². The zero-order chi connectivity index (χ0) is 9.26. The van der Waals surface area contributed by atoms with Crippen LogP contribution in [0.1, 0.15) is 0 Å². The van der Waals surface area contributed by atoms with E-state index in [1.54, 1.807) is 23.3 Å². The van der Waals surface area contributed by atoms with Gasteiger partial charge in [0, 0.05) is 18.6 Å². The summed E-state index contributed by atoms with van der Waals surface area (Å²) in [7, 11) is 0. The average molecular weight is 287 g/mol. The third-order valence-corrected chi connectivity index (χ3v) is 2.03. The smallest absolute Gasteiger partial charge is 0.196 e. The number of nitrogen functional groups attached to an aromatic ring is 1. The lowest BCUT2D eigenvalue weighted by Crippen LogP contribution is -2.04. The summed E-state index contributed by atoms with van der Waals surface area (Å²) in [5.41, 5.74) is 5.62. The Balaban J connectivity index is 2.52. The molecule has 0 atom stereocenters. The Kier molecular flexibility index (Phi) is 2.13. The number of aromatic nitrogens is 4. The monoisotopic (exact) mass is 287 g/mol. The maximum Gasteiger partial charge on any atom is 0.196 e. The van der Waals surface area contributed by atoms with Crippen LogP contribution in [0.15, 0.2) is 24.8 Å². The summed E-state index contributed by atoms with van der Waals surface area (Å²) < 4.78 is 2.63. The quantitative estimate of drug-likeness (QED) is 0.789. The van der Waals surface area contributed by atoms with Gasteiger partial charge in [0.1, 0.15) is 0 Å². The number of rotatable bonds is 1. The highest BCUT2D eigenvalue weighted by Gasteiger charge is 2.04. The minimum Gasteiger partial charge on any atom is -0.381 e. The summed E-state index contributed by atoms with van der Waals surface area (Å²) in [5, 5.41) is 4.07. The molecule has 0 bridgehead atoms. The summed E-state index contributed by atoms with van der Waals surface area (Å²) in [5.74, 6) is 0.937. The molecule has 2 N–H and O–H groups in total. The predicted octanol–water partition coefficient (Wildman–Crippen LogP) is 0.849. The van der Waals surface area contributed by atoms with E-state index in [2.05, 4.69) is 37.7 Å². The number of nitrogens with two attached hydrogens (primary N) is 1. The van der Waals surface area contributed by atoms with Gasteiger partial charge in [0.25, 0.3) is 0 Å². The molecule has 2 aromatic rings. The van der Waals surface area contributed by atoms with Crippen molar-refractivity contribution in [2.24, 2.45) is 0 Å². The van der Waals surface area contributed by atoms with Crippen LogP contribution < -0.4 is 5.73 Å². The summed E-state index contributed by atoms with van der Waals surface area (Å²) in [6.07, 6.45) is 6.70. The van der Waals surface area contributed by atoms with Crippen LogP contribution >= 0.6 is 22.6 Å². The van der Waals surface area contributed by atoms with Crippen molar-refractivity contribution < 1.29 is 0 Å². The lowest BCUT2D eigenvalue weighted by atomic mass is 10.6. The highest BCUT2D eigenvalue weighted by atomic mass is 127. The molecule has 0 aliphatic carbocycles. The van der Waals surface area contributed by atoms with Crippen LogP contribution in [-0.4, -0.2) is 19.7 Å². The summed E-state index contributed by atoms with van der Waals surface area (Å²) in [4.78, 5) is 7.99. The standard InChI is InChI=1S/C7H6IN5/c8-5-3-12-13(4-5)7-6(9)10-1-2-11-7/h1-4H,(H2,9,10). The molecule has 66 valence electrons. The molecule has 5 nitrogen and oxygen atoms in total. The van der Waals surface area contributed by atoms with Gasteiger partial charge in [-0.25, -0.2) is 14.6 Å². The summed E-state index contributed by atoms with van der Waals surface area (Å²) in [6, 6.07) is 0. The third kappa shape index (κ3) is 1.62. The van der Waals surface area contributed by atoms with Crippen LogP contribution in [0, 0.1) is 3.57 Å². The van der Waals surface area contributed by atoms with Crippen molar-refractivity contribution in [3.8, 4) is 5.82 Å². The van der Waals surface area contributed by atoms with Gasteiger partial charge in [-0.15, -0.1) is 0 Å². The van der Waals surface area contributed by atoms with Crippen LogP contribution in [0.5, 0.6) is 0 Å². The van der Waals surface area contributed by atoms with Crippen molar-refractivity contribution >= 4 is 28.4 Å². The molecule has 0 saturated carbocycles. The zero-order valence-corrected chi connectivity index (χ0v) is 8.71. The predicted molar refractivity (Wildman–Crippen MR) is 56.3 cm³/mol. The first-order chi connectivity index (χ1) is 6.27. The van der Waals surface area contributed by atoms with E-state index in [-0.39, 0.29) is 0 Å². The van der Waals surface area contributed by atoms with E-state index in [9.17, 15) is 0 Å². The normalized spacial score (nSPS) is 10.2. The molecule has 0 saturated heterocycles. The highest BCUT2D eigenvalue weighted by molar-refractivity contribution is 14.1. The Morgan fingerprint density at radius 2 is 2.08 bits per heavy atom. The molecular formula is C7H6IN5. The fourth-order valence-electron chi connectivity index (χ4n) is 0.935. The average Bonchev–Trinajstić information content (AvgIpc) is 2.53. The van der Waals surface area contributed by atoms with Gasteiger partial charge in [0.15, 0.2) is 11.6 Å². The molecule has 0 aliphatic rings. The molecule has 0 fully saturated rings. The van der Waals surface area contributed by atoms with Gasteiger partial charge in [-0.3, -0.25) is 0 Å². The first-order valence-corrected chi connectivity index (χ1v) is 4.62. The molecule has 0 radical (unpaired) electrons.